The summed E-state index contributed by atoms with van der Waals surface area (Å²) in [7, 11) is -3.71. The molecule has 0 aliphatic carbocycles. The van der Waals surface area contributed by atoms with Gasteiger partial charge in [-0.05, 0) is 36.2 Å². The average Bonchev–Trinajstić information content (AvgIpc) is 2.74. The highest BCUT2D eigenvalue weighted by atomic mass is 32.2. The molecule has 0 saturated heterocycles. The molecule has 0 unspecified atom stereocenters. The summed E-state index contributed by atoms with van der Waals surface area (Å²) in [5, 5.41) is 8.13. The van der Waals surface area contributed by atoms with Crippen molar-refractivity contribution in [3.63, 3.8) is 0 Å². The largest absolute Gasteiger partial charge is 0.486 e. The van der Waals surface area contributed by atoms with Gasteiger partial charge >= 0.3 is 0 Å². The Morgan fingerprint density at radius 1 is 1.07 bits per heavy atom. The second kappa shape index (κ2) is 8.17. The highest BCUT2D eigenvalue weighted by Gasteiger charge is 2.14. The Balaban J connectivity index is 1.47. The van der Waals surface area contributed by atoms with Crippen molar-refractivity contribution in [1.82, 2.24) is 9.55 Å². The summed E-state index contributed by atoms with van der Waals surface area (Å²) in [5.41, 5.74) is 1.25. The molecule has 2 aromatic carbocycles. The third-order valence-electron chi connectivity index (χ3n) is 4.60. The van der Waals surface area contributed by atoms with E-state index in [1.807, 2.05) is 0 Å². The number of benzene rings is 2. The molecule has 156 valence electrons. The molecule has 1 aliphatic rings. The Bertz CT molecular complexity index is 1220. The third-order valence-corrected chi connectivity index (χ3v) is 5.53. The van der Waals surface area contributed by atoms with Crippen molar-refractivity contribution in [2.24, 2.45) is 5.14 Å². The predicted octanol–water partition coefficient (Wildman–Crippen LogP) is 1.31. The number of rotatable bonds is 6. The molecule has 30 heavy (non-hydrogen) atoms. The van der Waals surface area contributed by atoms with Crippen LogP contribution in [0.2, 0.25) is 0 Å². The van der Waals surface area contributed by atoms with E-state index in [0.717, 1.165) is 5.56 Å². The first-order chi connectivity index (χ1) is 14.4. The molecular weight excluding hydrogens is 408 g/mol. The van der Waals surface area contributed by atoms with E-state index in [0.29, 0.717) is 43.4 Å². The number of aromatic nitrogens is 2. The van der Waals surface area contributed by atoms with Gasteiger partial charge in [0, 0.05) is 25.0 Å². The van der Waals surface area contributed by atoms with Crippen molar-refractivity contribution >= 4 is 15.8 Å². The smallest absolute Gasteiger partial charge is 0.297 e. The summed E-state index contributed by atoms with van der Waals surface area (Å²) in [4.78, 5) is 17.0. The fourth-order valence-corrected chi connectivity index (χ4v) is 3.60. The highest BCUT2D eigenvalue weighted by molar-refractivity contribution is 7.89. The minimum absolute atomic E-state index is 0.0613. The fraction of sp³-hybridized carbons (Fsp3) is 0.200. The number of fused-ring (bicyclic) bond motifs is 1. The number of hydrogen-bond acceptors (Lipinski definition) is 7. The molecule has 2 heterocycles. The van der Waals surface area contributed by atoms with Crippen LogP contribution in [0.1, 0.15) is 5.56 Å². The van der Waals surface area contributed by atoms with Crippen LogP contribution >= 0.6 is 0 Å². The van der Waals surface area contributed by atoms with E-state index in [4.69, 9.17) is 14.6 Å². The summed E-state index contributed by atoms with van der Waals surface area (Å²) >= 11 is 0. The van der Waals surface area contributed by atoms with Crippen molar-refractivity contribution in [1.29, 1.82) is 0 Å². The average molecular weight is 428 g/mol. The minimum Gasteiger partial charge on any atom is -0.486 e. The molecule has 3 N–H and O–H groups in total. The first-order valence-corrected chi connectivity index (χ1v) is 10.8. The standard InChI is InChI=1S/C20H20N4O5S/c21-30(26,27)16-4-1-14(2-5-16)7-8-22-19-20(25)24(10-9-23-19)15-3-6-17-18(13-15)29-12-11-28-17/h1-6,9-10,13H,7-8,11-12H2,(H,22,23)(H2,21,26,27). The second-order valence-electron chi connectivity index (χ2n) is 6.64. The van der Waals surface area contributed by atoms with Gasteiger partial charge in [-0.1, -0.05) is 12.1 Å². The highest BCUT2D eigenvalue weighted by Crippen LogP contribution is 2.31. The van der Waals surface area contributed by atoms with Crippen LogP contribution in [-0.2, 0) is 16.4 Å². The Kier molecular flexibility index (Phi) is 5.42. The summed E-state index contributed by atoms with van der Waals surface area (Å²) in [6.07, 6.45) is 3.71. The van der Waals surface area contributed by atoms with Gasteiger partial charge in [0.2, 0.25) is 10.0 Å². The van der Waals surface area contributed by atoms with Crippen LogP contribution in [0.3, 0.4) is 0 Å². The number of nitrogens with two attached hydrogens (primary N) is 1. The summed E-state index contributed by atoms with van der Waals surface area (Å²) < 4.78 is 35.2. The SMILES string of the molecule is NS(=O)(=O)c1ccc(CCNc2nccn(-c3ccc4c(c3)OCCO4)c2=O)cc1. The molecule has 0 radical (unpaired) electrons. The molecule has 0 saturated carbocycles. The number of hydrogen-bond donors (Lipinski definition) is 2. The maximum absolute atomic E-state index is 12.8. The topological polar surface area (TPSA) is 126 Å². The van der Waals surface area contributed by atoms with Crippen LogP contribution < -0.4 is 25.5 Å². The Hall–Kier alpha value is -3.37. The van der Waals surface area contributed by atoms with Gasteiger partial charge in [0.1, 0.15) is 13.2 Å². The van der Waals surface area contributed by atoms with Crippen molar-refractivity contribution in [2.45, 2.75) is 11.3 Å². The summed E-state index contributed by atoms with van der Waals surface area (Å²) in [6, 6.07) is 11.6. The molecule has 10 heteroatoms. The van der Waals surface area contributed by atoms with E-state index in [2.05, 4.69) is 10.3 Å². The lowest BCUT2D eigenvalue weighted by molar-refractivity contribution is 0.171. The van der Waals surface area contributed by atoms with E-state index in [1.54, 1.807) is 42.7 Å². The number of anilines is 1. The van der Waals surface area contributed by atoms with Crippen LogP contribution in [0.25, 0.3) is 5.69 Å². The molecule has 1 aromatic heterocycles. The second-order valence-corrected chi connectivity index (χ2v) is 8.21. The van der Waals surface area contributed by atoms with E-state index in [9.17, 15) is 13.2 Å². The Labute approximate surface area is 173 Å². The van der Waals surface area contributed by atoms with Crippen LogP contribution in [0, 0.1) is 0 Å². The lowest BCUT2D eigenvalue weighted by atomic mass is 10.1. The molecule has 0 fully saturated rings. The van der Waals surface area contributed by atoms with Gasteiger partial charge in [-0.2, -0.15) is 0 Å². The van der Waals surface area contributed by atoms with Crippen LogP contribution in [0.15, 0.2) is 64.5 Å². The van der Waals surface area contributed by atoms with E-state index in [-0.39, 0.29) is 16.3 Å². The predicted molar refractivity (Wildman–Crippen MR) is 111 cm³/mol. The molecule has 3 aromatic rings. The van der Waals surface area contributed by atoms with Crippen LogP contribution in [-0.4, -0.2) is 37.7 Å². The molecular formula is C20H20N4O5S. The zero-order chi connectivity index (χ0) is 21.1. The number of ether oxygens (including phenoxy) is 2. The minimum atomic E-state index is -3.71. The zero-order valence-electron chi connectivity index (χ0n) is 15.9. The van der Waals surface area contributed by atoms with Gasteiger partial charge in [0.15, 0.2) is 17.3 Å². The molecule has 0 spiro atoms. The van der Waals surface area contributed by atoms with Crippen molar-refractivity contribution < 1.29 is 17.9 Å². The lowest BCUT2D eigenvalue weighted by Crippen LogP contribution is -2.24. The molecule has 0 amide bonds. The van der Waals surface area contributed by atoms with Gasteiger partial charge in [-0.25, -0.2) is 18.5 Å². The molecule has 0 bridgehead atoms. The first-order valence-electron chi connectivity index (χ1n) is 9.25. The Morgan fingerprint density at radius 2 is 1.80 bits per heavy atom. The van der Waals surface area contributed by atoms with Gasteiger partial charge in [0.05, 0.1) is 10.6 Å². The molecule has 0 atom stereocenters. The van der Waals surface area contributed by atoms with E-state index >= 15 is 0 Å². The van der Waals surface area contributed by atoms with Crippen molar-refractivity contribution in [3.8, 4) is 17.2 Å². The van der Waals surface area contributed by atoms with Crippen molar-refractivity contribution in [2.75, 3.05) is 25.1 Å². The van der Waals surface area contributed by atoms with E-state index < -0.39 is 10.0 Å². The first kappa shape index (κ1) is 19.9. The van der Waals surface area contributed by atoms with Gasteiger partial charge in [-0.15, -0.1) is 0 Å². The van der Waals surface area contributed by atoms with Gasteiger partial charge in [-0.3, -0.25) is 9.36 Å². The summed E-state index contributed by atoms with van der Waals surface area (Å²) in [5.74, 6) is 1.47. The Morgan fingerprint density at radius 3 is 2.53 bits per heavy atom. The third kappa shape index (κ3) is 4.29. The van der Waals surface area contributed by atoms with Gasteiger partial charge < -0.3 is 14.8 Å². The summed E-state index contributed by atoms with van der Waals surface area (Å²) in [6.45, 7) is 1.41. The zero-order valence-corrected chi connectivity index (χ0v) is 16.8. The van der Waals surface area contributed by atoms with Crippen LogP contribution in [0.4, 0.5) is 5.82 Å². The van der Waals surface area contributed by atoms with Gasteiger partial charge in [0.25, 0.3) is 5.56 Å². The molecule has 1 aliphatic heterocycles. The number of primary sulfonamides is 1. The maximum Gasteiger partial charge on any atom is 0.297 e. The number of sulfonamides is 1. The lowest BCUT2D eigenvalue weighted by Gasteiger charge is -2.19. The monoisotopic (exact) mass is 428 g/mol. The van der Waals surface area contributed by atoms with E-state index in [1.165, 1.54) is 16.7 Å². The fourth-order valence-electron chi connectivity index (χ4n) is 3.09. The molecule has 9 nitrogen and oxygen atoms in total. The van der Waals surface area contributed by atoms with Crippen molar-refractivity contribution in [3.05, 3.63) is 70.8 Å². The van der Waals surface area contributed by atoms with Crippen LogP contribution in [0.5, 0.6) is 11.5 Å². The normalized spacial score (nSPS) is 13.1. The molecule has 4 rings (SSSR count). The number of nitrogens with zero attached hydrogens (tertiary/aromatic N) is 2. The maximum atomic E-state index is 12.8. The quantitative estimate of drug-likeness (QED) is 0.606. The number of nitrogens with one attached hydrogen (secondary N) is 1.